The van der Waals surface area contributed by atoms with Crippen LogP contribution in [0.1, 0.15) is 34.3 Å². The molecule has 0 radical (unpaired) electrons. The van der Waals surface area contributed by atoms with E-state index in [4.69, 9.17) is 0 Å². The smallest absolute Gasteiger partial charge is 0.335 e. The third-order valence-corrected chi connectivity index (χ3v) is 3.95. The van der Waals surface area contributed by atoms with Crippen molar-refractivity contribution in [3.8, 4) is 0 Å². The van der Waals surface area contributed by atoms with Gasteiger partial charge in [0.1, 0.15) is 0 Å². The zero-order valence-corrected chi connectivity index (χ0v) is 11.8. The highest BCUT2D eigenvalue weighted by Crippen LogP contribution is 2.32. The molecule has 0 aromatic heterocycles. The summed E-state index contributed by atoms with van der Waals surface area (Å²) in [7, 11) is 0. The van der Waals surface area contributed by atoms with Crippen LogP contribution in [0.15, 0.2) is 66.7 Å². The molecule has 0 fully saturated rings. The van der Waals surface area contributed by atoms with Gasteiger partial charge in [-0.15, -0.1) is 0 Å². The lowest BCUT2D eigenvalue weighted by Gasteiger charge is -2.17. The van der Waals surface area contributed by atoms with Crippen molar-refractivity contribution in [3.05, 3.63) is 83.4 Å². The molecule has 1 atom stereocenters. The molecule has 3 rings (SSSR count). The van der Waals surface area contributed by atoms with Crippen LogP contribution in [0.5, 0.6) is 0 Å². The second-order valence-electron chi connectivity index (χ2n) is 5.18. The van der Waals surface area contributed by atoms with E-state index < -0.39 is 5.97 Å². The molecule has 3 aromatic rings. The molecule has 0 heterocycles. The van der Waals surface area contributed by atoms with Crippen LogP contribution in [0.2, 0.25) is 0 Å². The predicted molar refractivity (Wildman–Crippen MR) is 84.9 cm³/mol. The van der Waals surface area contributed by atoms with E-state index in [1.54, 1.807) is 12.1 Å². The Morgan fingerprint density at radius 2 is 1.48 bits per heavy atom. The summed E-state index contributed by atoms with van der Waals surface area (Å²) in [4.78, 5) is 11.4. The van der Waals surface area contributed by atoms with Gasteiger partial charge in [0, 0.05) is 5.92 Å². The normalized spacial score (nSPS) is 12.2. The number of carboxylic acids is 1. The lowest BCUT2D eigenvalue weighted by Crippen LogP contribution is -2.06. The molecule has 3 aromatic carbocycles. The van der Waals surface area contributed by atoms with Gasteiger partial charge < -0.3 is 5.11 Å². The Kier molecular flexibility index (Phi) is 3.44. The maximum atomic E-state index is 11.4. The number of hydrogen-bond acceptors (Lipinski definition) is 1. The summed E-state index contributed by atoms with van der Waals surface area (Å²) >= 11 is 0. The number of benzene rings is 3. The Balaban J connectivity index is 2.18. The molecule has 0 unspecified atom stereocenters. The lowest BCUT2D eigenvalue weighted by molar-refractivity contribution is 0.0695. The molecule has 2 heteroatoms. The van der Waals surface area contributed by atoms with Gasteiger partial charge in [-0.1, -0.05) is 67.6 Å². The highest BCUT2D eigenvalue weighted by Gasteiger charge is 2.17. The van der Waals surface area contributed by atoms with Gasteiger partial charge >= 0.3 is 5.97 Å². The number of hydrogen-bond donors (Lipinski definition) is 1. The maximum Gasteiger partial charge on any atom is 0.335 e. The number of fused-ring (bicyclic) bond motifs is 1. The Morgan fingerprint density at radius 1 is 0.857 bits per heavy atom. The fourth-order valence-corrected chi connectivity index (χ4v) is 2.86. The molecule has 0 aliphatic rings. The van der Waals surface area contributed by atoms with Crippen molar-refractivity contribution >= 4 is 16.7 Å². The number of carbonyl (C=O) groups is 1. The lowest BCUT2D eigenvalue weighted by atomic mass is 9.87. The minimum absolute atomic E-state index is 0.0309. The molecule has 1 N–H and O–H groups in total. The van der Waals surface area contributed by atoms with E-state index in [0.29, 0.717) is 5.56 Å². The second kappa shape index (κ2) is 5.41. The van der Waals surface area contributed by atoms with Gasteiger partial charge in [-0.05, 0) is 28.0 Å². The Morgan fingerprint density at radius 3 is 2.29 bits per heavy atom. The van der Waals surface area contributed by atoms with E-state index in [0.717, 1.165) is 11.1 Å². The molecule has 0 saturated carbocycles. The molecule has 104 valence electrons. The number of aromatic carboxylic acids is 1. The van der Waals surface area contributed by atoms with E-state index >= 15 is 0 Å². The van der Waals surface area contributed by atoms with Crippen LogP contribution < -0.4 is 0 Å². The maximum absolute atomic E-state index is 11.4. The zero-order chi connectivity index (χ0) is 14.8. The zero-order valence-electron chi connectivity index (χ0n) is 11.8. The van der Waals surface area contributed by atoms with Crippen LogP contribution in [0.3, 0.4) is 0 Å². The minimum atomic E-state index is -0.877. The van der Waals surface area contributed by atoms with Crippen molar-refractivity contribution in [2.45, 2.75) is 12.8 Å². The number of rotatable bonds is 3. The van der Waals surface area contributed by atoms with Gasteiger partial charge in [-0.2, -0.15) is 0 Å². The fourth-order valence-electron chi connectivity index (χ4n) is 2.86. The Bertz CT molecular complexity index is 800. The van der Waals surface area contributed by atoms with Crippen molar-refractivity contribution in [1.29, 1.82) is 0 Å². The van der Waals surface area contributed by atoms with Crippen molar-refractivity contribution in [1.82, 2.24) is 0 Å². The van der Waals surface area contributed by atoms with Crippen molar-refractivity contribution < 1.29 is 9.90 Å². The first-order valence-corrected chi connectivity index (χ1v) is 6.98. The quantitative estimate of drug-likeness (QED) is 0.753. The van der Waals surface area contributed by atoms with Crippen LogP contribution in [0, 0.1) is 0 Å². The van der Waals surface area contributed by atoms with Crippen LogP contribution in [0.25, 0.3) is 10.8 Å². The molecular formula is C19H16O2. The monoisotopic (exact) mass is 276 g/mol. The summed E-state index contributed by atoms with van der Waals surface area (Å²) in [6.07, 6.45) is 0. The molecule has 21 heavy (non-hydrogen) atoms. The van der Waals surface area contributed by atoms with E-state index in [1.165, 1.54) is 10.8 Å². The van der Waals surface area contributed by atoms with Gasteiger partial charge in [0.25, 0.3) is 0 Å². The predicted octanol–water partition coefficient (Wildman–Crippen LogP) is 4.69. The molecule has 0 aliphatic heterocycles. The Hall–Kier alpha value is -2.61. The van der Waals surface area contributed by atoms with Crippen LogP contribution in [-0.4, -0.2) is 11.1 Å². The van der Waals surface area contributed by atoms with E-state index in [-0.39, 0.29) is 5.92 Å². The van der Waals surface area contributed by atoms with Crippen molar-refractivity contribution in [3.63, 3.8) is 0 Å². The average molecular weight is 276 g/mol. The van der Waals surface area contributed by atoms with Gasteiger partial charge in [0.15, 0.2) is 0 Å². The third-order valence-electron chi connectivity index (χ3n) is 3.95. The highest BCUT2D eigenvalue weighted by molar-refractivity contribution is 5.91. The topological polar surface area (TPSA) is 37.3 Å². The first-order chi connectivity index (χ1) is 10.2. The summed E-state index contributed by atoms with van der Waals surface area (Å²) in [6.45, 7) is 2.06. The average Bonchev–Trinajstić information content (AvgIpc) is 2.53. The minimum Gasteiger partial charge on any atom is -0.478 e. The first kappa shape index (κ1) is 13.4. The summed E-state index contributed by atoms with van der Waals surface area (Å²) < 4.78 is 0. The summed E-state index contributed by atoms with van der Waals surface area (Å²) in [5.41, 5.74) is 2.38. The summed E-state index contributed by atoms with van der Waals surface area (Å²) in [6, 6.07) is 21.6. The van der Waals surface area contributed by atoms with Gasteiger partial charge in [0.05, 0.1) is 5.56 Å². The fraction of sp³-hybridized carbons (Fsp3) is 0.105. The third kappa shape index (κ3) is 2.40. The van der Waals surface area contributed by atoms with Gasteiger partial charge in [0.2, 0.25) is 0 Å². The highest BCUT2D eigenvalue weighted by atomic mass is 16.4. The van der Waals surface area contributed by atoms with E-state index in [1.807, 2.05) is 30.3 Å². The van der Waals surface area contributed by atoms with Crippen molar-refractivity contribution in [2.24, 2.45) is 0 Å². The second-order valence-corrected chi connectivity index (χ2v) is 5.18. The van der Waals surface area contributed by atoms with Crippen LogP contribution in [0.4, 0.5) is 0 Å². The van der Waals surface area contributed by atoms with Gasteiger partial charge in [-0.25, -0.2) is 4.79 Å². The Labute approximate surface area is 123 Å². The standard InChI is InChI=1S/C19H16O2/c1-13(16-9-4-5-11-18(16)19(20)21)15-12-6-8-14-7-2-3-10-17(14)15/h2-13H,1H3,(H,20,21)/t13-/m1/s1. The first-order valence-electron chi connectivity index (χ1n) is 6.98. The largest absolute Gasteiger partial charge is 0.478 e. The number of carboxylic acid groups (broad SMARTS) is 1. The summed E-state index contributed by atoms with van der Waals surface area (Å²) in [5, 5.41) is 11.7. The van der Waals surface area contributed by atoms with Crippen molar-refractivity contribution in [2.75, 3.05) is 0 Å². The molecule has 0 saturated heterocycles. The molecule has 2 nitrogen and oxygen atoms in total. The van der Waals surface area contributed by atoms with E-state index in [2.05, 4.69) is 31.2 Å². The van der Waals surface area contributed by atoms with Crippen LogP contribution >= 0.6 is 0 Å². The molecular weight excluding hydrogens is 260 g/mol. The SMILES string of the molecule is C[C@@H](c1ccccc1C(=O)O)c1cccc2ccccc12. The molecule has 0 amide bonds. The molecule has 0 aliphatic carbocycles. The van der Waals surface area contributed by atoms with Gasteiger partial charge in [-0.3, -0.25) is 0 Å². The molecule has 0 spiro atoms. The molecule has 0 bridgehead atoms. The summed E-state index contributed by atoms with van der Waals surface area (Å²) in [5.74, 6) is -0.846. The van der Waals surface area contributed by atoms with E-state index in [9.17, 15) is 9.90 Å². The van der Waals surface area contributed by atoms with Crippen LogP contribution in [-0.2, 0) is 0 Å².